The van der Waals surface area contributed by atoms with Gasteiger partial charge in [-0.25, -0.2) is 0 Å². The zero-order valence-corrected chi connectivity index (χ0v) is 10.8. The zero-order chi connectivity index (χ0) is 11.1. The molecule has 2 aliphatic rings. The lowest BCUT2D eigenvalue weighted by Gasteiger charge is -2.16. The second-order valence-corrected chi connectivity index (χ2v) is 4.90. The molecule has 0 aliphatic carbocycles. The Bertz CT molecular complexity index is 450. The van der Waals surface area contributed by atoms with Gasteiger partial charge in [-0.15, -0.1) is 12.4 Å². The maximum absolute atomic E-state index is 11.9. The number of amides is 1. The lowest BCUT2D eigenvalue weighted by Crippen LogP contribution is -2.28. The summed E-state index contributed by atoms with van der Waals surface area (Å²) in [5.41, 5.74) is 1.87. The molecular formula is C12H14Cl2N2O. The molecule has 3 rings (SSSR count). The van der Waals surface area contributed by atoms with Gasteiger partial charge in [0.05, 0.1) is 0 Å². The highest BCUT2D eigenvalue weighted by Crippen LogP contribution is 2.33. The molecule has 2 aliphatic heterocycles. The van der Waals surface area contributed by atoms with Crippen molar-refractivity contribution in [3.05, 3.63) is 34.3 Å². The molecule has 1 amide bonds. The Morgan fingerprint density at radius 3 is 2.88 bits per heavy atom. The van der Waals surface area contributed by atoms with Crippen LogP contribution < -0.4 is 10.6 Å². The fourth-order valence-corrected chi connectivity index (χ4v) is 2.85. The number of nitrogens with one attached hydrogen (secondary N) is 2. The summed E-state index contributed by atoms with van der Waals surface area (Å²) in [5.74, 6) is 0.949. The molecule has 1 saturated heterocycles. The highest BCUT2D eigenvalue weighted by Gasteiger charge is 2.34. The van der Waals surface area contributed by atoms with Crippen LogP contribution in [-0.2, 0) is 0 Å². The molecule has 0 unspecified atom stereocenters. The molecule has 1 fully saturated rings. The molecule has 1 aromatic carbocycles. The van der Waals surface area contributed by atoms with Crippen molar-refractivity contribution in [2.45, 2.75) is 5.92 Å². The van der Waals surface area contributed by atoms with Crippen LogP contribution in [-0.4, -0.2) is 25.5 Å². The van der Waals surface area contributed by atoms with Gasteiger partial charge in [0.25, 0.3) is 5.91 Å². The van der Waals surface area contributed by atoms with E-state index >= 15 is 0 Å². The summed E-state index contributed by atoms with van der Waals surface area (Å²) in [6.07, 6.45) is 0. The predicted molar refractivity (Wildman–Crippen MR) is 70.1 cm³/mol. The Labute approximate surface area is 111 Å². The first-order valence-corrected chi connectivity index (χ1v) is 5.92. The van der Waals surface area contributed by atoms with E-state index in [0.29, 0.717) is 16.9 Å². The zero-order valence-electron chi connectivity index (χ0n) is 9.20. The summed E-state index contributed by atoms with van der Waals surface area (Å²) in [5, 5.41) is 6.96. The first-order chi connectivity index (χ1) is 7.75. The van der Waals surface area contributed by atoms with E-state index in [1.807, 2.05) is 12.1 Å². The molecule has 1 aromatic rings. The summed E-state index contributed by atoms with van der Waals surface area (Å²) in [6, 6.07) is 5.63. The lowest BCUT2D eigenvalue weighted by molar-refractivity contribution is 0.0952. The molecule has 0 aromatic heterocycles. The number of hydrogen-bond acceptors (Lipinski definition) is 2. The minimum atomic E-state index is 0. The number of benzene rings is 1. The first kappa shape index (κ1) is 12.7. The summed E-state index contributed by atoms with van der Waals surface area (Å²) < 4.78 is 0. The number of carbonyl (C=O) groups excluding carboxylic acids is 1. The van der Waals surface area contributed by atoms with Crippen molar-refractivity contribution in [3.8, 4) is 0 Å². The fraction of sp³-hybridized carbons (Fsp3) is 0.417. The third-order valence-electron chi connectivity index (χ3n) is 3.52. The van der Waals surface area contributed by atoms with Crippen LogP contribution in [0.5, 0.6) is 0 Å². The largest absolute Gasteiger partial charge is 0.352 e. The molecule has 2 atom stereocenters. The molecule has 3 nitrogen and oxygen atoms in total. The smallest absolute Gasteiger partial charge is 0.251 e. The van der Waals surface area contributed by atoms with Crippen LogP contribution in [0.2, 0.25) is 5.02 Å². The Kier molecular flexibility index (Phi) is 3.61. The van der Waals surface area contributed by atoms with Crippen LogP contribution in [0.15, 0.2) is 18.2 Å². The van der Waals surface area contributed by atoms with Gasteiger partial charge in [0.2, 0.25) is 0 Å². The van der Waals surface area contributed by atoms with Crippen molar-refractivity contribution >= 4 is 29.9 Å². The van der Waals surface area contributed by atoms with Crippen molar-refractivity contribution in [1.29, 1.82) is 0 Å². The van der Waals surface area contributed by atoms with E-state index in [1.165, 1.54) is 0 Å². The maximum atomic E-state index is 11.9. The Morgan fingerprint density at radius 1 is 1.24 bits per heavy atom. The molecule has 5 heteroatoms. The van der Waals surface area contributed by atoms with Crippen molar-refractivity contribution in [2.75, 3.05) is 19.6 Å². The minimum Gasteiger partial charge on any atom is -0.352 e. The van der Waals surface area contributed by atoms with Crippen LogP contribution in [0.25, 0.3) is 0 Å². The number of halogens is 2. The van der Waals surface area contributed by atoms with Gasteiger partial charge in [0.15, 0.2) is 0 Å². The van der Waals surface area contributed by atoms with Crippen LogP contribution in [0.4, 0.5) is 0 Å². The normalized spacial score (nSPS) is 26.3. The third-order valence-corrected chi connectivity index (χ3v) is 3.76. The van der Waals surface area contributed by atoms with Crippen LogP contribution >= 0.6 is 24.0 Å². The summed E-state index contributed by atoms with van der Waals surface area (Å²) >= 11 is 5.94. The molecule has 92 valence electrons. The number of fused-ring (bicyclic) bond motifs is 3. The van der Waals surface area contributed by atoms with Crippen LogP contribution in [0.3, 0.4) is 0 Å². The number of carbonyl (C=O) groups is 1. The Balaban J connectivity index is 0.00000108. The molecule has 0 saturated carbocycles. The first-order valence-electron chi connectivity index (χ1n) is 5.54. The van der Waals surface area contributed by atoms with Gasteiger partial charge in [-0.3, -0.25) is 4.79 Å². The van der Waals surface area contributed by atoms with Gasteiger partial charge < -0.3 is 10.6 Å². The molecule has 0 spiro atoms. The Hall–Kier alpha value is -0.770. The number of hydrogen-bond donors (Lipinski definition) is 2. The van der Waals surface area contributed by atoms with E-state index in [1.54, 1.807) is 6.07 Å². The molecule has 0 radical (unpaired) electrons. The monoisotopic (exact) mass is 272 g/mol. The quantitative estimate of drug-likeness (QED) is 0.757. The van der Waals surface area contributed by atoms with Crippen LogP contribution in [0.1, 0.15) is 21.8 Å². The van der Waals surface area contributed by atoms with E-state index in [0.717, 1.165) is 30.8 Å². The maximum Gasteiger partial charge on any atom is 0.251 e. The Morgan fingerprint density at radius 2 is 2.06 bits per heavy atom. The summed E-state index contributed by atoms with van der Waals surface area (Å²) in [4.78, 5) is 11.9. The van der Waals surface area contributed by atoms with Gasteiger partial charge in [-0.1, -0.05) is 17.7 Å². The third kappa shape index (κ3) is 2.15. The standard InChI is InChI=1S/C12H13ClN2O.ClH/c13-8-1-2-9-10(3-8)12(16)15-5-7-4-14-6-11(7)9;/h1-3,7,11,14H,4-6H2,(H,15,16);1H/t7-,11+;/m0./s1. The highest BCUT2D eigenvalue weighted by molar-refractivity contribution is 6.31. The molecule has 17 heavy (non-hydrogen) atoms. The topological polar surface area (TPSA) is 41.1 Å². The van der Waals surface area contributed by atoms with Crippen molar-refractivity contribution in [3.63, 3.8) is 0 Å². The van der Waals surface area contributed by atoms with Crippen molar-refractivity contribution in [1.82, 2.24) is 10.6 Å². The van der Waals surface area contributed by atoms with Gasteiger partial charge in [-0.2, -0.15) is 0 Å². The molecule has 2 N–H and O–H groups in total. The molecule has 0 bridgehead atoms. The van der Waals surface area contributed by atoms with E-state index in [2.05, 4.69) is 10.6 Å². The van der Waals surface area contributed by atoms with E-state index in [4.69, 9.17) is 11.6 Å². The molecule has 2 heterocycles. The number of rotatable bonds is 0. The molecular weight excluding hydrogens is 259 g/mol. The highest BCUT2D eigenvalue weighted by atomic mass is 35.5. The van der Waals surface area contributed by atoms with Crippen molar-refractivity contribution in [2.24, 2.45) is 5.92 Å². The van der Waals surface area contributed by atoms with E-state index < -0.39 is 0 Å². The van der Waals surface area contributed by atoms with Crippen molar-refractivity contribution < 1.29 is 4.79 Å². The van der Waals surface area contributed by atoms with E-state index in [-0.39, 0.29) is 18.3 Å². The van der Waals surface area contributed by atoms with Gasteiger partial charge in [-0.05, 0) is 23.6 Å². The lowest BCUT2D eigenvalue weighted by atomic mass is 9.87. The second kappa shape index (κ2) is 4.84. The fourth-order valence-electron chi connectivity index (χ4n) is 2.68. The average molecular weight is 273 g/mol. The minimum absolute atomic E-state index is 0. The second-order valence-electron chi connectivity index (χ2n) is 4.47. The SMILES string of the molecule is Cl.O=C1NC[C@@H]2CNC[C@H]2c2ccc(Cl)cc21. The summed E-state index contributed by atoms with van der Waals surface area (Å²) in [6.45, 7) is 2.68. The van der Waals surface area contributed by atoms with E-state index in [9.17, 15) is 4.79 Å². The van der Waals surface area contributed by atoms with Crippen LogP contribution in [0, 0.1) is 5.92 Å². The average Bonchev–Trinajstić information content (AvgIpc) is 2.69. The van der Waals surface area contributed by atoms with Gasteiger partial charge in [0.1, 0.15) is 0 Å². The van der Waals surface area contributed by atoms with Gasteiger partial charge in [0, 0.05) is 36.1 Å². The predicted octanol–water partition coefficient (Wildman–Crippen LogP) is 1.81. The van der Waals surface area contributed by atoms with Gasteiger partial charge >= 0.3 is 0 Å². The summed E-state index contributed by atoms with van der Waals surface area (Å²) in [7, 11) is 0.